The SMILES string of the molecule is CCCCCCC/C=C\C/C=C\CCCCCCCCCCCCCCCC(=O)OC(COC(=O)CCCCCCC)COC(=O)CCCCCCCCCCCCCCCCCCCCCCCCCCCCCCCCCCCCC. The van der Waals surface area contributed by atoms with Gasteiger partial charge in [0.1, 0.15) is 13.2 Å². The third-order valence-corrected chi connectivity index (χ3v) is 17.5. The second-order valence-electron chi connectivity index (χ2n) is 25.9. The summed E-state index contributed by atoms with van der Waals surface area (Å²) in [6.45, 7) is 6.63. The minimum atomic E-state index is -0.766. The molecule has 0 N–H and O–H groups in total. The minimum Gasteiger partial charge on any atom is -0.462 e. The summed E-state index contributed by atoms with van der Waals surface area (Å²) < 4.78 is 16.8. The van der Waals surface area contributed by atoms with E-state index in [1.807, 2.05) is 0 Å². The second kappa shape index (κ2) is 72.4. The summed E-state index contributed by atoms with van der Waals surface area (Å²) in [6, 6.07) is 0. The van der Waals surface area contributed by atoms with Gasteiger partial charge in [-0.2, -0.15) is 0 Å². The average molecular weight is 1170 g/mol. The molecule has 6 nitrogen and oxygen atoms in total. The molecule has 0 aliphatic heterocycles. The van der Waals surface area contributed by atoms with Crippen LogP contribution in [-0.2, 0) is 28.6 Å². The predicted octanol–water partition coefficient (Wildman–Crippen LogP) is 26.1. The van der Waals surface area contributed by atoms with Crippen molar-refractivity contribution < 1.29 is 28.6 Å². The van der Waals surface area contributed by atoms with E-state index in [4.69, 9.17) is 14.2 Å². The molecule has 0 bridgehead atoms. The van der Waals surface area contributed by atoms with Gasteiger partial charge in [-0.25, -0.2) is 0 Å². The van der Waals surface area contributed by atoms with E-state index in [9.17, 15) is 14.4 Å². The van der Waals surface area contributed by atoms with Crippen LogP contribution in [-0.4, -0.2) is 37.2 Å². The molecular weight excluding hydrogens is 1020 g/mol. The molecule has 6 heteroatoms. The van der Waals surface area contributed by atoms with Gasteiger partial charge in [0.25, 0.3) is 0 Å². The molecule has 83 heavy (non-hydrogen) atoms. The Labute approximate surface area is 519 Å². The number of hydrogen-bond acceptors (Lipinski definition) is 6. The lowest BCUT2D eigenvalue weighted by Crippen LogP contribution is -2.30. The molecule has 0 aromatic rings. The topological polar surface area (TPSA) is 78.9 Å². The summed E-state index contributed by atoms with van der Waals surface area (Å²) in [7, 11) is 0. The number of carbonyl (C=O) groups excluding carboxylic acids is 3. The van der Waals surface area contributed by atoms with Gasteiger partial charge in [-0.3, -0.25) is 14.4 Å². The molecule has 1 atom stereocenters. The van der Waals surface area contributed by atoms with Gasteiger partial charge in [-0.05, 0) is 51.4 Å². The number of ether oxygens (including phenoxy) is 3. The first-order chi connectivity index (χ1) is 41.0. The van der Waals surface area contributed by atoms with Crippen molar-refractivity contribution in [2.75, 3.05) is 13.2 Å². The number of carbonyl (C=O) groups is 3. The standard InChI is InChI=1S/C77H146O6/c1-4-7-10-13-15-17-19-21-23-25-27-29-31-33-34-35-36-37-38-39-40-41-42-44-45-47-49-51-53-55-57-59-61-64-67-70-76(79)82-73-74(72-81-75(78)69-66-63-12-9-6-3)83-77(80)71-68-65-62-60-58-56-54-52-50-48-46-43-32-30-28-26-24-22-20-18-16-14-11-8-5-2/h20,22,26,28,74H,4-19,21,23-25,27,29-73H2,1-3H3/b22-20-,28-26-. The molecule has 490 valence electrons. The molecule has 0 saturated carbocycles. The molecular formula is C77H146O6. The van der Waals surface area contributed by atoms with Crippen LogP contribution >= 0.6 is 0 Å². The summed E-state index contributed by atoms with van der Waals surface area (Å²) in [5.74, 6) is -0.853. The predicted molar refractivity (Wildman–Crippen MR) is 363 cm³/mol. The van der Waals surface area contributed by atoms with Crippen molar-refractivity contribution in [1.82, 2.24) is 0 Å². The Kier molecular flexibility index (Phi) is 70.5. The summed E-state index contributed by atoms with van der Waals surface area (Å²) in [5.41, 5.74) is 0. The maximum Gasteiger partial charge on any atom is 0.306 e. The van der Waals surface area contributed by atoms with Gasteiger partial charge < -0.3 is 14.2 Å². The lowest BCUT2D eigenvalue weighted by atomic mass is 10.0. The van der Waals surface area contributed by atoms with Crippen molar-refractivity contribution in [3.63, 3.8) is 0 Å². The highest BCUT2D eigenvalue weighted by Gasteiger charge is 2.20. The van der Waals surface area contributed by atoms with Crippen LogP contribution in [0.2, 0.25) is 0 Å². The van der Waals surface area contributed by atoms with Gasteiger partial charge in [0, 0.05) is 19.3 Å². The van der Waals surface area contributed by atoms with Crippen molar-refractivity contribution in [2.45, 2.75) is 438 Å². The fourth-order valence-corrected chi connectivity index (χ4v) is 11.8. The first-order valence-corrected chi connectivity index (χ1v) is 37.8. The summed E-state index contributed by atoms with van der Waals surface area (Å²) in [6.07, 6.45) is 90.2. The Balaban J connectivity index is 3.85. The average Bonchev–Trinajstić information content (AvgIpc) is 3.49. The van der Waals surface area contributed by atoms with E-state index in [1.165, 1.54) is 321 Å². The summed E-state index contributed by atoms with van der Waals surface area (Å²) in [4.78, 5) is 38.1. The van der Waals surface area contributed by atoms with E-state index >= 15 is 0 Å². The maximum absolute atomic E-state index is 12.9. The van der Waals surface area contributed by atoms with Gasteiger partial charge >= 0.3 is 17.9 Å². The lowest BCUT2D eigenvalue weighted by molar-refractivity contribution is -0.167. The third-order valence-electron chi connectivity index (χ3n) is 17.5. The third kappa shape index (κ3) is 70.5. The van der Waals surface area contributed by atoms with Crippen molar-refractivity contribution in [2.24, 2.45) is 0 Å². The maximum atomic E-state index is 12.9. The molecule has 0 fully saturated rings. The first-order valence-electron chi connectivity index (χ1n) is 37.8. The van der Waals surface area contributed by atoms with Crippen LogP contribution in [0.4, 0.5) is 0 Å². The van der Waals surface area contributed by atoms with E-state index in [0.717, 1.165) is 70.6 Å². The molecule has 0 amide bonds. The van der Waals surface area contributed by atoms with Crippen molar-refractivity contribution in [1.29, 1.82) is 0 Å². The van der Waals surface area contributed by atoms with Crippen LogP contribution in [0, 0.1) is 0 Å². The smallest absolute Gasteiger partial charge is 0.306 e. The van der Waals surface area contributed by atoms with Gasteiger partial charge in [0.2, 0.25) is 0 Å². The van der Waals surface area contributed by atoms with Gasteiger partial charge in [-0.15, -0.1) is 0 Å². The highest BCUT2D eigenvalue weighted by atomic mass is 16.6. The fourth-order valence-electron chi connectivity index (χ4n) is 11.8. The Bertz CT molecular complexity index is 1340. The Morgan fingerprint density at radius 3 is 0.663 bits per heavy atom. The molecule has 0 heterocycles. The number of allylic oxidation sites excluding steroid dienone is 4. The van der Waals surface area contributed by atoms with Crippen molar-refractivity contribution in [3.05, 3.63) is 24.3 Å². The van der Waals surface area contributed by atoms with Crippen LogP contribution in [0.15, 0.2) is 24.3 Å². The molecule has 0 aromatic carbocycles. The number of esters is 3. The van der Waals surface area contributed by atoms with Crippen LogP contribution in [0.25, 0.3) is 0 Å². The van der Waals surface area contributed by atoms with Crippen LogP contribution < -0.4 is 0 Å². The van der Waals surface area contributed by atoms with E-state index < -0.39 is 6.10 Å². The van der Waals surface area contributed by atoms with E-state index in [1.54, 1.807) is 0 Å². The highest BCUT2D eigenvalue weighted by molar-refractivity contribution is 5.71. The normalized spacial score (nSPS) is 12.1. The summed E-state index contributed by atoms with van der Waals surface area (Å²) in [5, 5.41) is 0. The van der Waals surface area contributed by atoms with Crippen LogP contribution in [0.3, 0.4) is 0 Å². The largest absolute Gasteiger partial charge is 0.462 e. The van der Waals surface area contributed by atoms with Gasteiger partial charge in [0.05, 0.1) is 0 Å². The zero-order chi connectivity index (χ0) is 59.9. The van der Waals surface area contributed by atoms with E-state index in [-0.39, 0.29) is 31.1 Å². The first kappa shape index (κ1) is 80.9. The van der Waals surface area contributed by atoms with Crippen molar-refractivity contribution >= 4 is 17.9 Å². The lowest BCUT2D eigenvalue weighted by Gasteiger charge is -2.18. The molecule has 1 unspecified atom stereocenters. The summed E-state index contributed by atoms with van der Waals surface area (Å²) >= 11 is 0. The zero-order valence-electron chi connectivity index (χ0n) is 56.5. The molecule has 0 spiro atoms. The molecule has 0 aliphatic carbocycles. The Morgan fingerprint density at radius 2 is 0.434 bits per heavy atom. The number of hydrogen-bond donors (Lipinski definition) is 0. The zero-order valence-corrected chi connectivity index (χ0v) is 56.5. The quantitative estimate of drug-likeness (QED) is 0.0261. The Hall–Kier alpha value is -2.11. The molecule has 0 aromatic heterocycles. The van der Waals surface area contributed by atoms with Gasteiger partial charge in [0.15, 0.2) is 6.10 Å². The monoisotopic (exact) mass is 1170 g/mol. The minimum absolute atomic E-state index is 0.0662. The molecule has 0 aliphatic rings. The number of unbranched alkanes of at least 4 members (excludes halogenated alkanes) is 56. The van der Waals surface area contributed by atoms with Crippen LogP contribution in [0.1, 0.15) is 432 Å². The van der Waals surface area contributed by atoms with E-state index in [0.29, 0.717) is 19.3 Å². The van der Waals surface area contributed by atoms with E-state index in [2.05, 4.69) is 45.1 Å². The molecule has 0 saturated heterocycles. The number of rotatable bonds is 71. The second-order valence-corrected chi connectivity index (χ2v) is 25.9. The van der Waals surface area contributed by atoms with Gasteiger partial charge in [-0.1, -0.05) is 385 Å². The molecule has 0 radical (unpaired) electrons. The highest BCUT2D eigenvalue weighted by Crippen LogP contribution is 2.20. The molecule has 0 rings (SSSR count). The van der Waals surface area contributed by atoms with Crippen LogP contribution in [0.5, 0.6) is 0 Å². The van der Waals surface area contributed by atoms with Crippen molar-refractivity contribution in [3.8, 4) is 0 Å². The fraction of sp³-hybridized carbons (Fsp3) is 0.909. The Morgan fingerprint density at radius 1 is 0.241 bits per heavy atom.